The van der Waals surface area contributed by atoms with Gasteiger partial charge in [-0.2, -0.15) is 18.4 Å². The molecule has 3 heterocycles. The highest BCUT2D eigenvalue weighted by Gasteiger charge is 2.30. The number of aromatic nitrogens is 3. The fraction of sp³-hybridized carbons (Fsp3) is 0.462. The van der Waals surface area contributed by atoms with Crippen LogP contribution < -0.4 is 10.6 Å². The van der Waals surface area contributed by atoms with Gasteiger partial charge in [0.25, 0.3) is 0 Å². The number of halogens is 3. The molecule has 0 saturated heterocycles. The lowest BCUT2D eigenvalue weighted by Gasteiger charge is -2.24. The van der Waals surface area contributed by atoms with Gasteiger partial charge in [-0.15, -0.1) is 0 Å². The number of carbonyl (C=O) groups excluding carboxylic acids is 1. The molecule has 0 bridgehead atoms. The van der Waals surface area contributed by atoms with Crippen molar-refractivity contribution in [2.75, 3.05) is 43.0 Å². The van der Waals surface area contributed by atoms with Crippen molar-refractivity contribution in [3.8, 4) is 17.2 Å². The maximum atomic E-state index is 12.6. The largest absolute Gasteiger partial charge is 0.405 e. The number of nitrogens with zero attached hydrogens (tertiary/aromatic N) is 4. The van der Waals surface area contributed by atoms with E-state index in [1.165, 1.54) is 12.4 Å². The van der Waals surface area contributed by atoms with Crippen molar-refractivity contribution < 1.29 is 22.7 Å². The van der Waals surface area contributed by atoms with Crippen LogP contribution in [0.15, 0.2) is 36.9 Å². The van der Waals surface area contributed by atoms with E-state index >= 15 is 0 Å². The number of amides is 1. The smallest absolute Gasteiger partial charge is 0.372 e. The number of ether oxygens (including phenoxy) is 1. The number of nitriles is 1. The van der Waals surface area contributed by atoms with Crippen molar-refractivity contribution in [3.63, 3.8) is 0 Å². The third-order valence-electron chi connectivity index (χ3n) is 5.70. The SMILES string of the molecule is CC(C)C(Nc1cncc(-c2cn(COCCS(C)(C)C)c3ncc(C#N)cc23)c1)C(=O)NCC(F)(F)F. The molecule has 1 amide bonds. The highest BCUT2D eigenvalue weighted by molar-refractivity contribution is 8.32. The van der Waals surface area contributed by atoms with E-state index in [1.54, 1.807) is 32.2 Å². The molecule has 0 saturated carbocycles. The van der Waals surface area contributed by atoms with E-state index < -0.39 is 34.7 Å². The molecule has 0 aliphatic heterocycles. The number of hydrogen-bond donors (Lipinski definition) is 2. The predicted molar refractivity (Wildman–Crippen MR) is 145 cm³/mol. The summed E-state index contributed by atoms with van der Waals surface area (Å²) < 4.78 is 45.6. The first-order valence-corrected chi connectivity index (χ1v) is 15.0. The predicted octanol–water partition coefficient (Wildman–Crippen LogP) is 4.75. The number of carbonyl (C=O) groups is 1. The van der Waals surface area contributed by atoms with E-state index in [4.69, 9.17) is 4.74 Å². The molecule has 8 nitrogen and oxygen atoms in total. The van der Waals surface area contributed by atoms with Crippen molar-refractivity contribution in [2.45, 2.75) is 32.8 Å². The zero-order valence-electron chi connectivity index (χ0n) is 22.1. The standard InChI is InChI=1S/C26H33F3N6O2S/c1-17(2)23(25(36)33-15-26(27,28)29)34-20-9-19(12-31-13-20)22-14-35(16-37-6-7-38(3,4)5)24-21(22)8-18(10-30)11-32-24/h8-9,11-14,17,23,34H,6-7,15-16H2,1-5H3,(H,33,36). The minimum atomic E-state index is -4.50. The van der Waals surface area contributed by atoms with Crippen LogP contribution in [0, 0.1) is 17.2 Å². The van der Waals surface area contributed by atoms with E-state index in [2.05, 4.69) is 40.1 Å². The molecule has 0 aromatic carbocycles. The summed E-state index contributed by atoms with van der Waals surface area (Å²) in [5.74, 6) is -0.0734. The number of rotatable bonds is 11. The molecule has 0 radical (unpaired) electrons. The normalized spacial score (nSPS) is 13.4. The topological polar surface area (TPSA) is 105 Å². The van der Waals surface area contributed by atoms with Gasteiger partial charge in [-0.05, 0) is 36.8 Å². The molecular weight excluding hydrogens is 517 g/mol. The van der Waals surface area contributed by atoms with Gasteiger partial charge in [-0.25, -0.2) is 15.0 Å². The molecule has 3 aromatic rings. The third kappa shape index (κ3) is 8.10. The van der Waals surface area contributed by atoms with Gasteiger partial charge in [0.05, 0.1) is 17.9 Å². The molecule has 12 heteroatoms. The molecule has 0 aliphatic rings. The van der Waals surface area contributed by atoms with E-state index in [-0.39, 0.29) is 12.6 Å². The Morgan fingerprint density at radius 1 is 1.21 bits per heavy atom. The lowest BCUT2D eigenvalue weighted by molar-refractivity contribution is -0.139. The Morgan fingerprint density at radius 3 is 2.58 bits per heavy atom. The van der Waals surface area contributed by atoms with Crippen LogP contribution in [0.5, 0.6) is 0 Å². The Labute approximate surface area is 221 Å². The quantitative estimate of drug-likeness (QED) is 0.334. The molecular formula is C26H33F3N6O2S. The number of hydrogen-bond acceptors (Lipinski definition) is 6. The lowest BCUT2D eigenvalue weighted by Crippen LogP contribution is -2.46. The minimum absolute atomic E-state index is 0.283. The summed E-state index contributed by atoms with van der Waals surface area (Å²) in [5.41, 5.74) is 2.96. The minimum Gasteiger partial charge on any atom is -0.372 e. The maximum absolute atomic E-state index is 12.6. The van der Waals surface area contributed by atoms with Gasteiger partial charge < -0.3 is 19.9 Å². The first-order valence-electron chi connectivity index (χ1n) is 12.0. The molecule has 38 heavy (non-hydrogen) atoms. The highest BCUT2D eigenvalue weighted by Crippen LogP contribution is 2.34. The van der Waals surface area contributed by atoms with Crippen molar-refractivity contribution in [1.82, 2.24) is 19.9 Å². The summed E-state index contributed by atoms with van der Waals surface area (Å²) in [5, 5.41) is 15.1. The second-order valence-electron chi connectivity index (χ2n) is 10.2. The van der Waals surface area contributed by atoms with Gasteiger partial charge in [0, 0.05) is 47.1 Å². The fourth-order valence-electron chi connectivity index (χ4n) is 3.71. The van der Waals surface area contributed by atoms with E-state index in [0.717, 1.165) is 16.7 Å². The van der Waals surface area contributed by atoms with E-state index in [0.29, 0.717) is 29.1 Å². The zero-order chi connectivity index (χ0) is 28.1. The number of pyridine rings is 2. The Hall–Kier alpha value is -3.30. The Balaban J connectivity index is 1.89. The summed E-state index contributed by atoms with van der Waals surface area (Å²) >= 11 is 0. The summed E-state index contributed by atoms with van der Waals surface area (Å²) in [4.78, 5) is 21.2. The summed E-state index contributed by atoms with van der Waals surface area (Å²) in [7, 11) is -0.691. The molecule has 0 aliphatic carbocycles. The fourth-order valence-corrected chi connectivity index (χ4v) is 4.33. The van der Waals surface area contributed by atoms with Gasteiger partial charge in [0.2, 0.25) is 5.91 Å². The number of anilines is 1. The van der Waals surface area contributed by atoms with Crippen LogP contribution in [-0.4, -0.2) is 70.3 Å². The van der Waals surface area contributed by atoms with Crippen LogP contribution in [-0.2, 0) is 16.3 Å². The van der Waals surface area contributed by atoms with Crippen molar-refractivity contribution in [1.29, 1.82) is 5.26 Å². The average molecular weight is 551 g/mol. The number of nitrogens with one attached hydrogen (secondary N) is 2. The van der Waals surface area contributed by atoms with Gasteiger partial charge in [0.1, 0.15) is 31.0 Å². The van der Waals surface area contributed by atoms with Crippen LogP contribution in [0.4, 0.5) is 18.9 Å². The molecule has 1 unspecified atom stereocenters. The summed E-state index contributed by atoms with van der Waals surface area (Å²) in [6.45, 7) is 2.98. The lowest BCUT2D eigenvalue weighted by atomic mass is 10.0. The maximum Gasteiger partial charge on any atom is 0.405 e. The molecule has 2 N–H and O–H groups in total. The summed E-state index contributed by atoms with van der Waals surface area (Å²) in [6.07, 6.45) is 8.70. The average Bonchev–Trinajstić information content (AvgIpc) is 3.20. The van der Waals surface area contributed by atoms with Crippen molar-refractivity contribution in [2.24, 2.45) is 5.92 Å². The number of fused-ring (bicyclic) bond motifs is 1. The Morgan fingerprint density at radius 2 is 1.95 bits per heavy atom. The number of alkyl halides is 3. The van der Waals surface area contributed by atoms with E-state index in [1.807, 2.05) is 16.1 Å². The van der Waals surface area contributed by atoms with Crippen molar-refractivity contribution in [3.05, 3.63) is 42.5 Å². The van der Waals surface area contributed by atoms with Crippen LogP contribution in [0.25, 0.3) is 22.2 Å². The molecule has 3 rings (SSSR count). The molecule has 1 atom stereocenters. The summed E-state index contributed by atoms with van der Waals surface area (Å²) in [6, 6.07) is 4.72. The molecule has 0 fully saturated rings. The van der Waals surface area contributed by atoms with E-state index in [9.17, 15) is 23.2 Å². The molecule has 206 valence electrons. The Bertz CT molecular complexity index is 1310. The van der Waals surface area contributed by atoms with Gasteiger partial charge in [0.15, 0.2) is 0 Å². The monoisotopic (exact) mass is 550 g/mol. The van der Waals surface area contributed by atoms with Gasteiger partial charge in [-0.3, -0.25) is 9.78 Å². The van der Waals surface area contributed by atoms with Gasteiger partial charge >= 0.3 is 6.18 Å². The Kier molecular flexibility index (Phi) is 9.27. The second-order valence-corrected chi connectivity index (χ2v) is 14.8. The molecule has 0 spiro atoms. The zero-order valence-corrected chi connectivity index (χ0v) is 22.9. The third-order valence-corrected chi connectivity index (χ3v) is 7.09. The van der Waals surface area contributed by atoms with Crippen LogP contribution >= 0.6 is 10.0 Å². The van der Waals surface area contributed by atoms with Crippen molar-refractivity contribution >= 4 is 32.7 Å². The first-order chi connectivity index (χ1) is 17.8. The van der Waals surface area contributed by atoms with Gasteiger partial charge in [-0.1, -0.05) is 13.8 Å². The van der Waals surface area contributed by atoms with Crippen LogP contribution in [0.1, 0.15) is 19.4 Å². The van der Waals surface area contributed by atoms with Crippen LogP contribution in [0.3, 0.4) is 0 Å². The highest BCUT2D eigenvalue weighted by atomic mass is 32.3. The molecule has 3 aromatic heterocycles. The van der Waals surface area contributed by atoms with Crippen LogP contribution in [0.2, 0.25) is 0 Å². The first kappa shape index (κ1) is 29.3. The second kappa shape index (κ2) is 12.0.